The Balaban J connectivity index is 1.71. The van der Waals surface area contributed by atoms with E-state index < -0.39 is 0 Å². The third-order valence-corrected chi connectivity index (χ3v) is 3.81. The van der Waals surface area contributed by atoms with Crippen LogP contribution in [0.25, 0.3) is 0 Å². The molecule has 19 heavy (non-hydrogen) atoms. The van der Waals surface area contributed by atoms with E-state index in [4.69, 9.17) is 14.2 Å². The number of hydrogen-bond donors (Lipinski definition) is 1. The standard InChI is InChI=1S/C15H21NO3/c1-2-17-13-5-3-4-12(10-13)14-18-11-15(19-14)6-8-16-9-7-15/h3-5,10,14,16H,2,6-9,11H2,1H3. The summed E-state index contributed by atoms with van der Waals surface area (Å²) in [6.45, 7) is 5.37. The number of ether oxygens (including phenoxy) is 3. The van der Waals surface area contributed by atoms with Crippen LogP contribution >= 0.6 is 0 Å². The van der Waals surface area contributed by atoms with Crippen LogP contribution in [0.2, 0.25) is 0 Å². The van der Waals surface area contributed by atoms with E-state index in [9.17, 15) is 0 Å². The van der Waals surface area contributed by atoms with Gasteiger partial charge >= 0.3 is 0 Å². The molecule has 0 bridgehead atoms. The molecule has 2 aliphatic heterocycles. The molecule has 1 aromatic carbocycles. The van der Waals surface area contributed by atoms with Crippen LogP contribution in [-0.2, 0) is 9.47 Å². The predicted molar refractivity (Wildman–Crippen MR) is 72.2 cm³/mol. The molecule has 4 nitrogen and oxygen atoms in total. The van der Waals surface area contributed by atoms with Gasteiger partial charge in [0.2, 0.25) is 0 Å². The molecule has 1 N–H and O–H groups in total. The van der Waals surface area contributed by atoms with Gasteiger partial charge in [0.25, 0.3) is 0 Å². The van der Waals surface area contributed by atoms with Crippen LogP contribution in [0.1, 0.15) is 31.6 Å². The number of piperidine rings is 1. The van der Waals surface area contributed by atoms with Crippen LogP contribution in [0.4, 0.5) is 0 Å². The first-order valence-corrected chi connectivity index (χ1v) is 7.04. The topological polar surface area (TPSA) is 39.7 Å². The van der Waals surface area contributed by atoms with Crippen molar-refractivity contribution in [3.63, 3.8) is 0 Å². The third kappa shape index (κ3) is 2.76. The first kappa shape index (κ1) is 12.9. The van der Waals surface area contributed by atoms with Gasteiger partial charge in [-0.3, -0.25) is 0 Å². The summed E-state index contributed by atoms with van der Waals surface area (Å²) in [4.78, 5) is 0. The molecular weight excluding hydrogens is 242 g/mol. The van der Waals surface area contributed by atoms with Crippen LogP contribution < -0.4 is 10.1 Å². The first-order chi connectivity index (χ1) is 9.31. The van der Waals surface area contributed by atoms with E-state index in [1.54, 1.807) is 0 Å². The summed E-state index contributed by atoms with van der Waals surface area (Å²) in [6.07, 6.45) is 1.79. The Morgan fingerprint density at radius 2 is 2.21 bits per heavy atom. The number of benzene rings is 1. The van der Waals surface area contributed by atoms with Crippen molar-refractivity contribution in [2.45, 2.75) is 31.7 Å². The maximum absolute atomic E-state index is 6.19. The summed E-state index contributed by atoms with van der Waals surface area (Å²) in [5, 5.41) is 3.36. The van der Waals surface area contributed by atoms with Gasteiger partial charge in [0.15, 0.2) is 6.29 Å². The molecule has 3 rings (SSSR count). The normalized spacial score (nSPS) is 25.6. The van der Waals surface area contributed by atoms with Crippen molar-refractivity contribution in [3.8, 4) is 5.75 Å². The lowest BCUT2D eigenvalue weighted by atomic mass is 9.94. The summed E-state index contributed by atoms with van der Waals surface area (Å²) in [7, 11) is 0. The van der Waals surface area contributed by atoms with Gasteiger partial charge in [-0.1, -0.05) is 12.1 Å². The number of nitrogens with one attached hydrogen (secondary N) is 1. The second-order valence-electron chi connectivity index (χ2n) is 5.20. The largest absolute Gasteiger partial charge is 0.494 e. The Labute approximate surface area is 114 Å². The van der Waals surface area contributed by atoms with Crippen molar-refractivity contribution in [3.05, 3.63) is 29.8 Å². The monoisotopic (exact) mass is 263 g/mol. The second-order valence-corrected chi connectivity index (χ2v) is 5.20. The smallest absolute Gasteiger partial charge is 0.184 e. The maximum Gasteiger partial charge on any atom is 0.184 e. The van der Waals surface area contributed by atoms with Crippen LogP contribution in [0, 0.1) is 0 Å². The molecule has 1 atom stereocenters. The molecule has 1 unspecified atom stereocenters. The summed E-state index contributed by atoms with van der Waals surface area (Å²) in [5.74, 6) is 0.874. The van der Waals surface area contributed by atoms with Crippen molar-refractivity contribution >= 4 is 0 Å². The zero-order valence-corrected chi connectivity index (χ0v) is 11.4. The lowest BCUT2D eigenvalue weighted by molar-refractivity contribution is -0.101. The lowest BCUT2D eigenvalue weighted by Crippen LogP contribution is -2.43. The van der Waals surface area contributed by atoms with Gasteiger partial charge in [-0.05, 0) is 45.0 Å². The van der Waals surface area contributed by atoms with Gasteiger partial charge in [-0.2, -0.15) is 0 Å². The fourth-order valence-electron chi connectivity index (χ4n) is 2.75. The molecule has 0 aliphatic carbocycles. The van der Waals surface area contributed by atoms with Gasteiger partial charge in [0.1, 0.15) is 5.75 Å². The van der Waals surface area contributed by atoms with Crippen molar-refractivity contribution in [2.24, 2.45) is 0 Å². The average molecular weight is 263 g/mol. The Morgan fingerprint density at radius 3 is 3.00 bits per heavy atom. The fourth-order valence-corrected chi connectivity index (χ4v) is 2.75. The molecule has 2 heterocycles. The molecule has 0 saturated carbocycles. The quantitative estimate of drug-likeness (QED) is 0.908. The molecule has 2 fully saturated rings. The summed E-state index contributed by atoms with van der Waals surface area (Å²) < 4.78 is 17.6. The summed E-state index contributed by atoms with van der Waals surface area (Å²) in [6, 6.07) is 7.99. The highest BCUT2D eigenvalue weighted by Gasteiger charge is 2.42. The highest BCUT2D eigenvalue weighted by molar-refractivity contribution is 5.29. The van der Waals surface area contributed by atoms with Crippen LogP contribution in [0.3, 0.4) is 0 Å². The van der Waals surface area contributed by atoms with Gasteiger partial charge in [-0.25, -0.2) is 0 Å². The maximum atomic E-state index is 6.19. The minimum atomic E-state index is -0.251. The van der Waals surface area contributed by atoms with E-state index in [-0.39, 0.29) is 11.9 Å². The molecule has 0 amide bonds. The van der Waals surface area contributed by atoms with Gasteiger partial charge in [0, 0.05) is 5.56 Å². The lowest BCUT2D eigenvalue weighted by Gasteiger charge is -2.31. The average Bonchev–Trinajstić information content (AvgIpc) is 2.84. The minimum absolute atomic E-state index is 0.0858. The molecule has 1 aromatic rings. The zero-order chi connectivity index (χ0) is 13.1. The van der Waals surface area contributed by atoms with Crippen LogP contribution in [-0.4, -0.2) is 31.9 Å². The van der Waals surface area contributed by atoms with Gasteiger partial charge in [0.05, 0.1) is 18.8 Å². The van der Waals surface area contributed by atoms with Crippen molar-refractivity contribution in [1.82, 2.24) is 5.32 Å². The molecule has 0 radical (unpaired) electrons. The Bertz CT molecular complexity index is 429. The van der Waals surface area contributed by atoms with E-state index in [0.29, 0.717) is 13.2 Å². The SMILES string of the molecule is CCOc1cccc(C2OCC3(CCNCC3)O2)c1. The Kier molecular flexibility index (Phi) is 3.73. The Hall–Kier alpha value is -1.10. The van der Waals surface area contributed by atoms with Crippen molar-refractivity contribution in [2.75, 3.05) is 26.3 Å². The molecule has 0 aromatic heterocycles. The highest BCUT2D eigenvalue weighted by atomic mass is 16.7. The van der Waals surface area contributed by atoms with E-state index in [1.807, 2.05) is 31.2 Å². The van der Waals surface area contributed by atoms with E-state index in [1.165, 1.54) is 0 Å². The molecule has 4 heteroatoms. The third-order valence-electron chi connectivity index (χ3n) is 3.81. The molecule has 2 aliphatic rings. The molecule has 2 saturated heterocycles. The number of hydrogen-bond acceptors (Lipinski definition) is 4. The minimum Gasteiger partial charge on any atom is -0.494 e. The van der Waals surface area contributed by atoms with Gasteiger partial charge in [-0.15, -0.1) is 0 Å². The summed E-state index contributed by atoms with van der Waals surface area (Å²) in [5.41, 5.74) is 0.957. The number of rotatable bonds is 3. The van der Waals surface area contributed by atoms with E-state index in [2.05, 4.69) is 5.32 Å². The molecule has 1 spiro atoms. The van der Waals surface area contributed by atoms with E-state index >= 15 is 0 Å². The van der Waals surface area contributed by atoms with Crippen LogP contribution in [0.5, 0.6) is 5.75 Å². The molecule has 104 valence electrons. The van der Waals surface area contributed by atoms with Gasteiger partial charge < -0.3 is 19.5 Å². The van der Waals surface area contributed by atoms with Crippen molar-refractivity contribution < 1.29 is 14.2 Å². The second kappa shape index (κ2) is 5.49. The zero-order valence-electron chi connectivity index (χ0n) is 11.4. The Morgan fingerprint density at radius 1 is 1.37 bits per heavy atom. The predicted octanol–water partition coefficient (Wildman–Crippen LogP) is 2.25. The first-order valence-electron chi connectivity index (χ1n) is 7.04. The van der Waals surface area contributed by atoms with E-state index in [0.717, 1.165) is 37.2 Å². The highest BCUT2D eigenvalue weighted by Crippen LogP contribution is 2.39. The van der Waals surface area contributed by atoms with Crippen LogP contribution in [0.15, 0.2) is 24.3 Å². The van der Waals surface area contributed by atoms with Crippen molar-refractivity contribution in [1.29, 1.82) is 0 Å². The molecular formula is C15H21NO3. The summed E-state index contributed by atoms with van der Waals surface area (Å²) >= 11 is 0. The fraction of sp³-hybridized carbons (Fsp3) is 0.600.